The highest BCUT2D eigenvalue weighted by Crippen LogP contribution is 2.15. The molecule has 0 aromatic heterocycles. The zero-order valence-electron chi connectivity index (χ0n) is 12.9. The van der Waals surface area contributed by atoms with Gasteiger partial charge in [-0.1, -0.05) is 18.2 Å². The molecule has 0 bridgehead atoms. The minimum absolute atomic E-state index is 0.00245. The normalized spacial score (nSPS) is 21.5. The number of morpholine rings is 1. The van der Waals surface area contributed by atoms with Crippen molar-refractivity contribution in [3.8, 4) is 0 Å². The number of rotatable bonds is 5. The molecule has 1 heterocycles. The summed E-state index contributed by atoms with van der Waals surface area (Å²) in [5.41, 5.74) is 0.729. The molecule has 1 aromatic carbocycles. The Bertz CT molecular complexity index is 510. The quantitative estimate of drug-likeness (QED) is 0.885. The standard InChI is InChI=1S/C16H22N2O4/c1-12-8-18(9-13(2)22-12)15(19)10-17(11-16(20)21)14-6-4-3-5-7-14/h3-7,12-13H,8-11H2,1-2H3,(H,20,21)/t12-,13-/m1/s1. The Balaban J connectivity index is 2.06. The van der Waals surface area contributed by atoms with Gasteiger partial charge in [-0.25, -0.2) is 0 Å². The van der Waals surface area contributed by atoms with Crippen LogP contribution >= 0.6 is 0 Å². The summed E-state index contributed by atoms with van der Waals surface area (Å²) in [5.74, 6) is -1.03. The number of benzene rings is 1. The van der Waals surface area contributed by atoms with Crippen LogP contribution in [0.25, 0.3) is 0 Å². The highest BCUT2D eigenvalue weighted by atomic mass is 16.5. The number of hydrogen-bond acceptors (Lipinski definition) is 4. The molecule has 1 N–H and O–H groups in total. The van der Waals surface area contributed by atoms with Gasteiger partial charge in [-0.3, -0.25) is 9.59 Å². The predicted molar refractivity (Wildman–Crippen MR) is 82.9 cm³/mol. The molecule has 0 spiro atoms. The monoisotopic (exact) mass is 306 g/mol. The van der Waals surface area contributed by atoms with Crippen molar-refractivity contribution in [2.45, 2.75) is 26.1 Å². The second-order valence-corrected chi connectivity index (χ2v) is 5.64. The lowest BCUT2D eigenvalue weighted by Crippen LogP contribution is -2.51. The van der Waals surface area contributed by atoms with Crippen molar-refractivity contribution in [1.29, 1.82) is 0 Å². The number of nitrogens with zero attached hydrogens (tertiary/aromatic N) is 2. The van der Waals surface area contributed by atoms with Gasteiger partial charge in [-0.2, -0.15) is 0 Å². The Morgan fingerprint density at radius 2 is 1.77 bits per heavy atom. The Hall–Kier alpha value is -2.08. The number of anilines is 1. The maximum Gasteiger partial charge on any atom is 0.323 e. The summed E-state index contributed by atoms with van der Waals surface area (Å²) < 4.78 is 5.62. The van der Waals surface area contributed by atoms with E-state index in [4.69, 9.17) is 9.84 Å². The van der Waals surface area contributed by atoms with Gasteiger partial charge in [0.1, 0.15) is 6.54 Å². The van der Waals surface area contributed by atoms with Crippen molar-refractivity contribution >= 4 is 17.6 Å². The lowest BCUT2D eigenvalue weighted by Gasteiger charge is -2.36. The fraction of sp³-hybridized carbons (Fsp3) is 0.500. The molecule has 6 nitrogen and oxygen atoms in total. The third-order valence-electron chi connectivity index (χ3n) is 3.55. The van der Waals surface area contributed by atoms with Crippen LogP contribution in [0.2, 0.25) is 0 Å². The van der Waals surface area contributed by atoms with Crippen molar-refractivity contribution in [2.24, 2.45) is 0 Å². The first-order valence-corrected chi connectivity index (χ1v) is 7.40. The second kappa shape index (κ2) is 7.26. The van der Waals surface area contributed by atoms with Crippen LogP contribution in [0.5, 0.6) is 0 Å². The van der Waals surface area contributed by atoms with Crippen LogP contribution in [0.15, 0.2) is 30.3 Å². The molecule has 0 unspecified atom stereocenters. The third kappa shape index (κ3) is 4.46. The number of amides is 1. The van der Waals surface area contributed by atoms with E-state index in [9.17, 15) is 9.59 Å². The van der Waals surface area contributed by atoms with Gasteiger partial charge < -0.3 is 19.6 Å². The van der Waals surface area contributed by atoms with E-state index >= 15 is 0 Å². The third-order valence-corrected chi connectivity index (χ3v) is 3.55. The number of para-hydroxylation sites is 1. The van der Waals surface area contributed by atoms with E-state index in [1.165, 1.54) is 0 Å². The van der Waals surface area contributed by atoms with Crippen LogP contribution < -0.4 is 4.90 Å². The zero-order valence-corrected chi connectivity index (χ0v) is 12.9. The summed E-state index contributed by atoms with van der Waals surface area (Å²) in [6, 6.07) is 9.12. The Morgan fingerprint density at radius 1 is 1.18 bits per heavy atom. The summed E-state index contributed by atoms with van der Waals surface area (Å²) in [6.45, 7) is 4.79. The molecule has 2 rings (SSSR count). The van der Waals surface area contributed by atoms with Gasteiger partial charge in [-0.15, -0.1) is 0 Å². The smallest absolute Gasteiger partial charge is 0.323 e. The Kier molecular flexibility index (Phi) is 5.38. The van der Waals surface area contributed by atoms with E-state index in [2.05, 4.69) is 0 Å². The van der Waals surface area contributed by atoms with Gasteiger partial charge >= 0.3 is 5.97 Å². The molecule has 6 heteroatoms. The number of hydrogen-bond donors (Lipinski definition) is 1. The molecule has 120 valence electrons. The summed E-state index contributed by atoms with van der Waals surface area (Å²) in [6.07, 6.45) is -0.00491. The minimum atomic E-state index is -0.958. The van der Waals surface area contributed by atoms with E-state index in [-0.39, 0.29) is 31.2 Å². The average molecular weight is 306 g/mol. The van der Waals surface area contributed by atoms with Crippen molar-refractivity contribution in [1.82, 2.24) is 4.90 Å². The van der Waals surface area contributed by atoms with E-state index in [0.717, 1.165) is 5.69 Å². The topological polar surface area (TPSA) is 70.1 Å². The molecule has 0 saturated carbocycles. The van der Waals surface area contributed by atoms with Crippen LogP contribution in [0.1, 0.15) is 13.8 Å². The average Bonchev–Trinajstić information content (AvgIpc) is 2.46. The molecule has 0 aliphatic carbocycles. The van der Waals surface area contributed by atoms with Gasteiger partial charge in [0.05, 0.1) is 18.8 Å². The van der Waals surface area contributed by atoms with E-state index in [1.807, 2.05) is 32.0 Å². The van der Waals surface area contributed by atoms with E-state index < -0.39 is 5.97 Å². The molecule has 22 heavy (non-hydrogen) atoms. The summed E-state index contributed by atoms with van der Waals surface area (Å²) in [4.78, 5) is 26.9. The van der Waals surface area contributed by atoms with Gasteiger partial charge in [0.25, 0.3) is 0 Å². The number of carbonyl (C=O) groups excluding carboxylic acids is 1. The van der Waals surface area contributed by atoms with Crippen molar-refractivity contribution < 1.29 is 19.4 Å². The number of carboxylic acid groups (broad SMARTS) is 1. The molecule has 1 fully saturated rings. The van der Waals surface area contributed by atoms with Gasteiger partial charge in [0.15, 0.2) is 0 Å². The zero-order chi connectivity index (χ0) is 16.1. The number of carboxylic acids is 1. The lowest BCUT2D eigenvalue weighted by atomic mass is 10.2. The maximum atomic E-state index is 12.5. The molecule has 2 atom stereocenters. The number of carbonyl (C=O) groups is 2. The number of ether oxygens (including phenoxy) is 1. The Morgan fingerprint density at radius 3 is 2.32 bits per heavy atom. The van der Waals surface area contributed by atoms with Gasteiger partial charge in [0, 0.05) is 18.8 Å². The van der Waals surface area contributed by atoms with Gasteiger partial charge in [0.2, 0.25) is 5.91 Å². The van der Waals surface area contributed by atoms with Crippen molar-refractivity contribution in [3.05, 3.63) is 30.3 Å². The SMILES string of the molecule is C[C@@H]1CN(C(=O)CN(CC(=O)O)c2ccccc2)C[C@@H](C)O1. The minimum Gasteiger partial charge on any atom is -0.480 e. The van der Waals surface area contributed by atoms with Crippen LogP contribution in [-0.2, 0) is 14.3 Å². The predicted octanol–water partition coefficient (Wildman–Crippen LogP) is 1.21. The van der Waals surface area contributed by atoms with E-state index in [0.29, 0.717) is 13.1 Å². The van der Waals surface area contributed by atoms with Crippen molar-refractivity contribution in [3.63, 3.8) is 0 Å². The van der Waals surface area contributed by atoms with E-state index in [1.54, 1.807) is 21.9 Å². The fourth-order valence-corrected chi connectivity index (χ4v) is 2.69. The summed E-state index contributed by atoms with van der Waals surface area (Å²) in [7, 11) is 0. The molecule has 1 amide bonds. The lowest BCUT2D eigenvalue weighted by molar-refractivity contribution is -0.141. The summed E-state index contributed by atoms with van der Waals surface area (Å²) in [5, 5.41) is 9.07. The van der Waals surface area contributed by atoms with Gasteiger partial charge in [-0.05, 0) is 26.0 Å². The maximum absolute atomic E-state index is 12.5. The first-order chi connectivity index (χ1) is 10.5. The molecular formula is C16H22N2O4. The molecule has 0 radical (unpaired) electrons. The molecule has 1 saturated heterocycles. The van der Waals surface area contributed by atoms with Crippen LogP contribution in [0.3, 0.4) is 0 Å². The first kappa shape index (κ1) is 16.3. The molecule has 1 aliphatic heterocycles. The second-order valence-electron chi connectivity index (χ2n) is 5.64. The first-order valence-electron chi connectivity index (χ1n) is 7.40. The van der Waals surface area contributed by atoms with Crippen LogP contribution in [0, 0.1) is 0 Å². The molecule has 1 aliphatic rings. The van der Waals surface area contributed by atoms with Crippen LogP contribution in [0.4, 0.5) is 5.69 Å². The highest BCUT2D eigenvalue weighted by molar-refractivity contribution is 5.84. The molecular weight excluding hydrogens is 284 g/mol. The van der Waals surface area contributed by atoms with Crippen LogP contribution in [-0.4, -0.2) is 60.3 Å². The largest absolute Gasteiger partial charge is 0.480 e. The molecule has 1 aromatic rings. The number of aliphatic carboxylic acids is 1. The summed E-state index contributed by atoms with van der Waals surface area (Å²) >= 11 is 0. The Labute approximate surface area is 130 Å². The highest BCUT2D eigenvalue weighted by Gasteiger charge is 2.27. The fourth-order valence-electron chi connectivity index (χ4n) is 2.69. The van der Waals surface area contributed by atoms with Crippen molar-refractivity contribution in [2.75, 3.05) is 31.1 Å².